The number of thiophene rings is 1. The van der Waals surface area contributed by atoms with Crippen LogP contribution < -0.4 is 5.32 Å². The third kappa shape index (κ3) is 3.94. The van der Waals surface area contributed by atoms with E-state index in [4.69, 9.17) is 0 Å². The molecule has 0 spiro atoms. The minimum atomic E-state index is -4.57. The second-order valence-corrected chi connectivity index (χ2v) is 6.22. The van der Waals surface area contributed by atoms with Crippen molar-refractivity contribution in [2.24, 2.45) is 0 Å². The summed E-state index contributed by atoms with van der Waals surface area (Å²) in [6, 6.07) is 2.43. The molecule has 0 fully saturated rings. The van der Waals surface area contributed by atoms with Gasteiger partial charge >= 0.3 is 12.1 Å². The number of ether oxygens (including phenoxy) is 1. The number of nitrogens with zero attached hydrogens (tertiary/aromatic N) is 2. The fourth-order valence-corrected chi connectivity index (χ4v) is 2.90. The van der Waals surface area contributed by atoms with Crippen molar-refractivity contribution in [3.05, 3.63) is 34.0 Å². The topological polar surface area (TPSA) is 73.2 Å². The third-order valence-corrected chi connectivity index (χ3v) is 4.04. The van der Waals surface area contributed by atoms with Crippen LogP contribution in [0.15, 0.2) is 12.1 Å². The van der Waals surface area contributed by atoms with Crippen LogP contribution in [0, 0.1) is 13.8 Å². The van der Waals surface area contributed by atoms with E-state index in [1.807, 2.05) is 0 Å². The Morgan fingerprint density at radius 2 is 2.00 bits per heavy atom. The number of alkyl halides is 3. The zero-order chi connectivity index (χ0) is 18.1. The Balaban J connectivity index is 2.15. The lowest BCUT2D eigenvalue weighted by Crippen LogP contribution is -2.21. The molecule has 2 rings (SSSR count). The van der Waals surface area contributed by atoms with Crippen LogP contribution in [0.5, 0.6) is 0 Å². The maximum absolute atomic E-state index is 12.6. The van der Waals surface area contributed by atoms with Crippen LogP contribution in [0.1, 0.15) is 26.6 Å². The number of hydrogen-bond acceptors (Lipinski definition) is 5. The Hall–Kier alpha value is -2.36. The lowest BCUT2D eigenvalue weighted by atomic mass is 10.3. The van der Waals surface area contributed by atoms with Crippen LogP contribution in [0.2, 0.25) is 0 Å². The minimum absolute atomic E-state index is 0.196. The standard InChI is InChI=1S/C14H14F3N3O3S/c1-7-4-10(14(15,16)17)19-20(7)6-11(21)18-12-9(13(22)23-3)5-8(2)24-12/h4-5H,6H2,1-3H3,(H,18,21). The summed E-state index contributed by atoms with van der Waals surface area (Å²) >= 11 is 1.17. The molecule has 0 radical (unpaired) electrons. The molecule has 0 unspecified atom stereocenters. The van der Waals surface area contributed by atoms with E-state index in [0.29, 0.717) is 0 Å². The Morgan fingerprint density at radius 1 is 1.33 bits per heavy atom. The van der Waals surface area contributed by atoms with Crippen molar-refractivity contribution in [2.45, 2.75) is 26.6 Å². The molecule has 0 aliphatic heterocycles. The highest BCUT2D eigenvalue weighted by Crippen LogP contribution is 2.29. The second kappa shape index (κ2) is 6.63. The highest BCUT2D eigenvalue weighted by Gasteiger charge is 2.34. The van der Waals surface area contributed by atoms with Gasteiger partial charge < -0.3 is 10.1 Å². The van der Waals surface area contributed by atoms with Gasteiger partial charge in [-0.25, -0.2) is 4.79 Å². The van der Waals surface area contributed by atoms with Crippen molar-refractivity contribution in [3.8, 4) is 0 Å². The predicted octanol–water partition coefficient (Wildman–Crippen LogP) is 3.01. The average molecular weight is 361 g/mol. The molecule has 130 valence electrons. The lowest BCUT2D eigenvalue weighted by molar-refractivity contribution is -0.141. The van der Waals surface area contributed by atoms with Gasteiger partial charge in [0.1, 0.15) is 11.5 Å². The maximum atomic E-state index is 12.6. The van der Waals surface area contributed by atoms with Crippen LogP contribution in [0.3, 0.4) is 0 Å². The summed E-state index contributed by atoms with van der Waals surface area (Å²) < 4.78 is 43.4. The van der Waals surface area contributed by atoms with Crippen molar-refractivity contribution < 1.29 is 27.5 Å². The zero-order valence-corrected chi connectivity index (χ0v) is 13.8. The molecule has 0 saturated carbocycles. The van der Waals surface area contributed by atoms with Gasteiger partial charge in [0, 0.05) is 10.6 Å². The van der Waals surface area contributed by atoms with Gasteiger partial charge in [-0.1, -0.05) is 0 Å². The number of rotatable bonds is 4. The molecule has 24 heavy (non-hydrogen) atoms. The molecular formula is C14H14F3N3O3S. The van der Waals surface area contributed by atoms with Gasteiger partial charge in [-0.05, 0) is 26.0 Å². The SMILES string of the molecule is COC(=O)c1cc(C)sc1NC(=O)Cn1nc(C(F)(F)F)cc1C. The molecule has 1 amide bonds. The van der Waals surface area contributed by atoms with Gasteiger partial charge in [0.05, 0.1) is 12.7 Å². The number of anilines is 1. The summed E-state index contributed by atoms with van der Waals surface area (Å²) in [7, 11) is 1.21. The number of hydrogen-bond donors (Lipinski definition) is 1. The van der Waals surface area contributed by atoms with Gasteiger partial charge in [-0.2, -0.15) is 18.3 Å². The molecular weight excluding hydrogens is 347 g/mol. The number of amides is 1. The van der Waals surface area contributed by atoms with Crippen molar-refractivity contribution in [2.75, 3.05) is 12.4 Å². The van der Waals surface area contributed by atoms with E-state index in [1.54, 1.807) is 13.0 Å². The monoisotopic (exact) mass is 361 g/mol. The summed E-state index contributed by atoms with van der Waals surface area (Å²) in [5, 5.41) is 6.17. The van der Waals surface area contributed by atoms with E-state index in [-0.39, 0.29) is 16.3 Å². The first-order valence-electron chi connectivity index (χ1n) is 6.72. The first kappa shape index (κ1) is 18.0. The summed E-state index contributed by atoms with van der Waals surface area (Å²) in [6.45, 7) is 2.77. The normalized spacial score (nSPS) is 11.4. The number of esters is 1. The fourth-order valence-electron chi connectivity index (χ4n) is 1.98. The fraction of sp³-hybridized carbons (Fsp3) is 0.357. The average Bonchev–Trinajstić information content (AvgIpc) is 3.01. The van der Waals surface area contributed by atoms with Crippen molar-refractivity contribution in [1.29, 1.82) is 0 Å². The largest absolute Gasteiger partial charge is 0.465 e. The molecule has 2 aromatic heterocycles. The van der Waals surface area contributed by atoms with E-state index in [9.17, 15) is 22.8 Å². The molecule has 0 atom stereocenters. The Kier molecular flexibility index (Phi) is 4.97. The van der Waals surface area contributed by atoms with Crippen LogP contribution in [-0.4, -0.2) is 28.8 Å². The molecule has 6 nitrogen and oxygen atoms in total. The van der Waals surface area contributed by atoms with E-state index in [0.717, 1.165) is 15.6 Å². The van der Waals surface area contributed by atoms with Crippen LogP contribution in [0.25, 0.3) is 0 Å². The number of aryl methyl sites for hydroxylation is 2. The first-order chi connectivity index (χ1) is 11.1. The third-order valence-electron chi connectivity index (χ3n) is 3.08. The highest BCUT2D eigenvalue weighted by molar-refractivity contribution is 7.16. The van der Waals surface area contributed by atoms with E-state index in [1.165, 1.54) is 25.4 Å². The van der Waals surface area contributed by atoms with Crippen LogP contribution >= 0.6 is 11.3 Å². The summed E-state index contributed by atoms with van der Waals surface area (Å²) in [4.78, 5) is 24.5. The molecule has 0 aliphatic carbocycles. The first-order valence-corrected chi connectivity index (χ1v) is 7.53. The molecule has 2 aromatic rings. The predicted molar refractivity (Wildman–Crippen MR) is 81.0 cm³/mol. The van der Waals surface area contributed by atoms with E-state index < -0.39 is 30.3 Å². The lowest BCUT2D eigenvalue weighted by Gasteiger charge is -2.07. The van der Waals surface area contributed by atoms with Crippen LogP contribution in [-0.2, 0) is 22.3 Å². The maximum Gasteiger partial charge on any atom is 0.435 e. The van der Waals surface area contributed by atoms with Gasteiger partial charge in [-0.15, -0.1) is 11.3 Å². The Morgan fingerprint density at radius 3 is 2.54 bits per heavy atom. The van der Waals surface area contributed by atoms with Crippen molar-refractivity contribution >= 4 is 28.2 Å². The Bertz CT molecular complexity index is 780. The second-order valence-electron chi connectivity index (χ2n) is 4.97. The summed E-state index contributed by atoms with van der Waals surface area (Å²) in [5.74, 6) is -1.20. The highest BCUT2D eigenvalue weighted by atomic mass is 32.1. The van der Waals surface area contributed by atoms with Crippen molar-refractivity contribution in [3.63, 3.8) is 0 Å². The zero-order valence-electron chi connectivity index (χ0n) is 13.0. The number of aromatic nitrogens is 2. The van der Waals surface area contributed by atoms with Gasteiger partial charge in [0.2, 0.25) is 5.91 Å². The van der Waals surface area contributed by atoms with E-state index >= 15 is 0 Å². The number of methoxy groups -OCH3 is 1. The number of halogens is 3. The van der Waals surface area contributed by atoms with Gasteiger partial charge in [-0.3, -0.25) is 9.48 Å². The van der Waals surface area contributed by atoms with Crippen LogP contribution in [0.4, 0.5) is 18.2 Å². The molecule has 2 heterocycles. The van der Waals surface area contributed by atoms with E-state index in [2.05, 4.69) is 15.2 Å². The van der Waals surface area contributed by atoms with Gasteiger partial charge in [0.25, 0.3) is 0 Å². The molecule has 0 aliphatic rings. The number of carbonyl (C=O) groups is 2. The quantitative estimate of drug-likeness (QED) is 0.850. The van der Waals surface area contributed by atoms with Crippen molar-refractivity contribution in [1.82, 2.24) is 9.78 Å². The van der Waals surface area contributed by atoms with Gasteiger partial charge in [0.15, 0.2) is 5.69 Å². The Labute approximate surface area is 139 Å². The number of carbonyl (C=O) groups excluding carboxylic acids is 2. The smallest absolute Gasteiger partial charge is 0.435 e. The molecule has 10 heteroatoms. The minimum Gasteiger partial charge on any atom is -0.465 e. The summed E-state index contributed by atoms with van der Waals surface area (Å²) in [5.41, 5.74) is -0.662. The molecule has 0 bridgehead atoms. The number of nitrogens with one attached hydrogen (secondary N) is 1. The molecule has 0 aromatic carbocycles. The molecule has 0 saturated heterocycles. The molecule has 1 N–H and O–H groups in total. The summed E-state index contributed by atoms with van der Waals surface area (Å²) in [6.07, 6.45) is -4.57.